The molecule has 0 unspecified atom stereocenters. The van der Waals surface area contributed by atoms with Gasteiger partial charge in [-0.1, -0.05) is 0 Å². The van der Waals surface area contributed by atoms with E-state index in [2.05, 4.69) is 4.90 Å². The van der Waals surface area contributed by atoms with Crippen LogP contribution >= 0.6 is 0 Å². The average Bonchev–Trinajstić information content (AvgIpc) is 2.95. The van der Waals surface area contributed by atoms with E-state index in [4.69, 9.17) is 0 Å². The van der Waals surface area contributed by atoms with E-state index in [-0.39, 0.29) is 23.6 Å². The second kappa shape index (κ2) is 6.22. The van der Waals surface area contributed by atoms with Gasteiger partial charge in [-0.25, -0.2) is 0 Å². The number of aryl methyl sites for hydroxylation is 1. The Morgan fingerprint density at radius 2 is 1.95 bits per heavy atom. The molecule has 3 rings (SSSR count). The van der Waals surface area contributed by atoms with Crippen LogP contribution in [0.5, 0.6) is 0 Å². The van der Waals surface area contributed by atoms with Gasteiger partial charge in [-0.2, -0.15) is 0 Å². The number of hydrogen-bond donors (Lipinski definition) is 1. The highest BCUT2D eigenvalue weighted by Crippen LogP contribution is 2.25. The van der Waals surface area contributed by atoms with E-state index >= 15 is 0 Å². The van der Waals surface area contributed by atoms with E-state index in [1.165, 1.54) is 10.6 Å². The van der Waals surface area contributed by atoms with Crippen LogP contribution < -0.4 is 5.56 Å². The van der Waals surface area contributed by atoms with Crippen LogP contribution in [0.1, 0.15) is 29.6 Å². The van der Waals surface area contributed by atoms with Crippen molar-refractivity contribution in [3.05, 3.63) is 34.2 Å². The zero-order valence-electron chi connectivity index (χ0n) is 12.9. The zero-order chi connectivity index (χ0) is 15.7. The van der Waals surface area contributed by atoms with Gasteiger partial charge in [0.15, 0.2) is 0 Å². The SMILES string of the molecule is Cn1ccc(C(=O)N2CCN([C@H]3CCC[C@H]3O)CC2)cc1=O. The van der Waals surface area contributed by atoms with E-state index in [0.29, 0.717) is 18.7 Å². The first-order chi connectivity index (χ1) is 10.6. The third-order valence-corrected chi connectivity index (χ3v) is 4.87. The Balaban J connectivity index is 1.62. The minimum absolute atomic E-state index is 0.0793. The molecule has 6 heteroatoms. The summed E-state index contributed by atoms with van der Waals surface area (Å²) >= 11 is 0. The molecule has 1 aromatic rings. The largest absolute Gasteiger partial charge is 0.391 e. The Labute approximate surface area is 130 Å². The van der Waals surface area contributed by atoms with Crippen molar-refractivity contribution >= 4 is 5.91 Å². The van der Waals surface area contributed by atoms with Crippen molar-refractivity contribution in [1.29, 1.82) is 0 Å². The molecular weight excluding hydrogens is 282 g/mol. The number of piperazine rings is 1. The third-order valence-electron chi connectivity index (χ3n) is 4.87. The molecule has 2 aliphatic rings. The number of hydrogen-bond acceptors (Lipinski definition) is 4. The number of amides is 1. The number of aliphatic hydroxyl groups excluding tert-OH is 1. The van der Waals surface area contributed by atoms with Crippen molar-refractivity contribution in [1.82, 2.24) is 14.4 Å². The van der Waals surface area contributed by atoms with Crippen molar-refractivity contribution in [3.8, 4) is 0 Å². The van der Waals surface area contributed by atoms with Gasteiger partial charge < -0.3 is 14.6 Å². The molecule has 120 valence electrons. The number of aromatic nitrogens is 1. The van der Waals surface area contributed by atoms with Crippen LogP contribution in [0, 0.1) is 0 Å². The monoisotopic (exact) mass is 305 g/mol. The maximum Gasteiger partial charge on any atom is 0.254 e. The van der Waals surface area contributed by atoms with Crippen LogP contribution in [0.4, 0.5) is 0 Å². The molecular formula is C16H23N3O3. The first kappa shape index (κ1) is 15.2. The zero-order valence-corrected chi connectivity index (χ0v) is 12.9. The van der Waals surface area contributed by atoms with Crippen molar-refractivity contribution in [2.24, 2.45) is 7.05 Å². The molecule has 22 heavy (non-hydrogen) atoms. The number of carbonyl (C=O) groups excluding carboxylic acids is 1. The van der Waals surface area contributed by atoms with Crippen molar-refractivity contribution < 1.29 is 9.90 Å². The number of nitrogens with zero attached hydrogens (tertiary/aromatic N) is 3. The summed E-state index contributed by atoms with van der Waals surface area (Å²) < 4.78 is 1.45. The van der Waals surface area contributed by atoms with Crippen LogP contribution in [0.15, 0.2) is 23.1 Å². The summed E-state index contributed by atoms with van der Waals surface area (Å²) in [5.74, 6) is -0.0793. The standard InChI is InChI=1S/C16H23N3O3/c1-17-6-5-12(11-15(17)21)16(22)19-9-7-18(8-10-19)13-3-2-4-14(13)20/h5-6,11,13-14,20H,2-4,7-10H2,1H3/t13-,14+/m0/s1. The molecule has 0 spiro atoms. The minimum Gasteiger partial charge on any atom is -0.391 e. The molecule has 0 aromatic carbocycles. The smallest absolute Gasteiger partial charge is 0.254 e. The molecule has 1 saturated carbocycles. The summed E-state index contributed by atoms with van der Waals surface area (Å²) in [6.07, 6.45) is 4.42. The maximum absolute atomic E-state index is 12.5. The lowest BCUT2D eigenvalue weighted by Crippen LogP contribution is -2.53. The van der Waals surface area contributed by atoms with Crippen LogP contribution in [0.3, 0.4) is 0 Å². The van der Waals surface area contributed by atoms with Crippen molar-refractivity contribution in [3.63, 3.8) is 0 Å². The van der Waals surface area contributed by atoms with Gasteiger partial charge in [0.05, 0.1) is 6.10 Å². The molecule has 2 atom stereocenters. The minimum atomic E-state index is -0.223. The number of aliphatic hydroxyl groups is 1. The van der Waals surface area contributed by atoms with Gasteiger partial charge in [0.2, 0.25) is 0 Å². The normalized spacial score (nSPS) is 26.4. The van der Waals surface area contributed by atoms with E-state index in [1.807, 2.05) is 0 Å². The second-order valence-corrected chi connectivity index (χ2v) is 6.26. The summed E-state index contributed by atoms with van der Waals surface area (Å²) in [4.78, 5) is 28.2. The molecule has 1 aromatic heterocycles. The summed E-state index contributed by atoms with van der Waals surface area (Å²) in [7, 11) is 1.67. The fourth-order valence-corrected chi connectivity index (χ4v) is 3.47. The molecule has 1 aliphatic carbocycles. The predicted molar refractivity (Wildman–Crippen MR) is 82.8 cm³/mol. The number of pyridine rings is 1. The van der Waals surface area contributed by atoms with Gasteiger partial charge >= 0.3 is 0 Å². The molecule has 6 nitrogen and oxygen atoms in total. The summed E-state index contributed by atoms with van der Waals surface area (Å²) in [6, 6.07) is 3.34. The van der Waals surface area contributed by atoms with Gasteiger partial charge in [0, 0.05) is 57.1 Å². The van der Waals surface area contributed by atoms with Crippen molar-refractivity contribution in [2.45, 2.75) is 31.4 Å². The van der Waals surface area contributed by atoms with Crippen LogP contribution in [-0.4, -0.2) is 63.7 Å². The lowest BCUT2D eigenvalue weighted by atomic mass is 10.1. The third kappa shape index (κ3) is 2.94. The fraction of sp³-hybridized carbons (Fsp3) is 0.625. The second-order valence-electron chi connectivity index (χ2n) is 6.26. The Morgan fingerprint density at radius 3 is 2.55 bits per heavy atom. The van der Waals surface area contributed by atoms with Gasteiger partial charge in [0.25, 0.3) is 11.5 Å². The van der Waals surface area contributed by atoms with E-state index in [9.17, 15) is 14.7 Å². The Morgan fingerprint density at radius 1 is 1.23 bits per heavy atom. The molecule has 1 N–H and O–H groups in total. The topological polar surface area (TPSA) is 65.8 Å². The number of rotatable bonds is 2. The van der Waals surface area contributed by atoms with Gasteiger partial charge in [-0.15, -0.1) is 0 Å². The molecule has 2 fully saturated rings. The average molecular weight is 305 g/mol. The van der Waals surface area contributed by atoms with E-state index < -0.39 is 0 Å². The molecule has 2 heterocycles. The van der Waals surface area contributed by atoms with Gasteiger partial charge in [-0.3, -0.25) is 14.5 Å². The van der Waals surface area contributed by atoms with E-state index in [0.717, 1.165) is 32.4 Å². The highest BCUT2D eigenvalue weighted by atomic mass is 16.3. The Kier molecular flexibility index (Phi) is 4.31. The molecule has 1 amide bonds. The van der Waals surface area contributed by atoms with Crippen LogP contribution in [0.2, 0.25) is 0 Å². The summed E-state index contributed by atoms with van der Waals surface area (Å²) in [5.41, 5.74) is 0.288. The quantitative estimate of drug-likeness (QED) is 0.839. The van der Waals surface area contributed by atoms with Crippen LogP contribution in [-0.2, 0) is 7.05 Å². The van der Waals surface area contributed by atoms with Gasteiger partial charge in [0.1, 0.15) is 0 Å². The Bertz CT molecular complexity index is 605. The predicted octanol–water partition coefficient (Wildman–Crippen LogP) is 0.0565. The Hall–Kier alpha value is -1.66. The molecule has 1 aliphatic heterocycles. The lowest BCUT2D eigenvalue weighted by molar-refractivity contribution is 0.0315. The lowest BCUT2D eigenvalue weighted by Gasteiger charge is -2.39. The number of carbonyl (C=O) groups is 1. The fourth-order valence-electron chi connectivity index (χ4n) is 3.47. The molecule has 0 bridgehead atoms. The highest BCUT2D eigenvalue weighted by molar-refractivity contribution is 5.94. The van der Waals surface area contributed by atoms with Crippen LogP contribution in [0.25, 0.3) is 0 Å². The first-order valence-corrected chi connectivity index (χ1v) is 7.94. The maximum atomic E-state index is 12.5. The molecule has 1 saturated heterocycles. The van der Waals surface area contributed by atoms with Gasteiger partial charge in [-0.05, 0) is 25.3 Å². The highest BCUT2D eigenvalue weighted by Gasteiger charge is 2.33. The first-order valence-electron chi connectivity index (χ1n) is 7.94. The summed E-state index contributed by atoms with van der Waals surface area (Å²) in [6.45, 7) is 2.88. The summed E-state index contributed by atoms with van der Waals surface area (Å²) in [5, 5.41) is 9.99. The molecule has 0 radical (unpaired) electrons. The van der Waals surface area contributed by atoms with E-state index in [1.54, 1.807) is 24.2 Å². The van der Waals surface area contributed by atoms with Crippen molar-refractivity contribution in [2.75, 3.05) is 26.2 Å².